The highest BCUT2D eigenvalue weighted by Crippen LogP contribution is 2.19. The quantitative estimate of drug-likeness (QED) is 0.841. The van der Waals surface area contributed by atoms with Crippen LogP contribution in [0.2, 0.25) is 0 Å². The molecule has 1 N–H and O–H groups in total. The third kappa shape index (κ3) is 5.35. The Morgan fingerprint density at radius 1 is 1.15 bits per heavy atom. The summed E-state index contributed by atoms with van der Waals surface area (Å²) in [5.41, 5.74) is 0.843. The predicted molar refractivity (Wildman–Crippen MR) is 107 cm³/mol. The van der Waals surface area contributed by atoms with Crippen LogP contribution < -0.4 is 10.9 Å². The molecule has 7 nitrogen and oxygen atoms in total. The zero-order valence-corrected chi connectivity index (χ0v) is 16.6. The number of aromatic nitrogens is 4. The van der Waals surface area contributed by atoms with E-state index in [0.717, 1.165) is 31.7 Å². The Bertz CT molecular complexity index is 783. The van der Waals surface area contributed by atoms with Gasteiger partial charge in [-0.25, -0.2) is 14.6 Å². The third-order valence-corrected chi connectivity index (χ3v) is 5.04. The van der Waals surface area contributed by atoms with E-state index in [0.29, 0.717) is 18.5 Å². The molecule has 0 spiro atoms. The molecule has 146 valence electrons. The largest absolute Gasteiger partial charge is 0.353 e. The van der Waals surface area contributed by atoms with Gasteiger partial charge in [0.05, 0.1) is 12.2 Å². The molecule has 3 heterocycles. The van der Waals surface area contributed by atoms with Gasteiger partial charge < -0.3 is 5.32 Å². The fourth-order valence-corrected chi connectivity index (χ4v) is 3.42. The van der Waals surface area contributed by atoms with E-state index in [1.54, 1.807) is 23.1 Å². The maximum absolute atomic E-state index is 12.2. The van der Waals surface area contributed by atoms with Crippen LogP contribution in [0.25, 0.3) is 0 Å². The van der Waals surface area contributed by atoms with Crippen LogP contribution in [0, 0.1) is 0 Å². The summed E-state index contributed by atoms with van der Waals surface area (Å²) >= 11 is 0. The van der Waals surface area contributed by atoms with Crippen molar-refractivity contribution in [1.82, 2.24) is 24.6 Å². The summed E-state index contributed by atoms with van der Waals surface area (Å²) in [5.74, 6) is 0.666. The van der Waals surface area contributed by atoms with Crippen molar-refractivity contribution >= 4 is 5.95 Å². The van der Waals surface area contributed by atoms with E-state index in [-0.39, 0.29) is 11.0 Å². The molecular formula is C20H30N6O. The molecule has 0 bridgehead atoms. The molecule has 1 aliphatic rings. The third-order valence-electron chi connectivity index (χ3n) is 5.04. The first kappa shape index (κ1) is 19.5. The lowest BCUT2D eigenvalue weighted by Crippen LogP contribution is -2.46. The van der Waals surface area contributed by atoms with Crippen molar-refractivity contribution in [1.29, 1.82) is 0 Å². The van der Waals surface area contributed by atoms with Crippen molar-refractivity contribution in [3.63, 3.8) is 0 Å². The van der Waals surface area contributed by atoms with Crippen LogP contribution >= 0.6 is 0 Å². The lowest BCUT2D eigenvalue weighted by molar-refractivity contribution is 0.147. The second kappa shape index (κ2) is 8.61. The highest BCUT2D eigenvalue weighted by Gasteiger charge is 2.23. The summed E-state index contributed by atoms with van der Waals surface area (Å²) in [5, 5.41) is 7.92. The van der Waals surface area contributed by atoms with Gasteiger partial charge in [-0.05, 0) is 31.5 Å². The number of anilines is 1. The molecule has 1 saturated heterocycles. The minimum absolute atomic E-state index is 0.0348. The van der Waals surface area contributed by atoms with E-state index >= 15 is 0 Å². The molecule has 1 atom stereocenters. The molecule has 27 heavy (non-hydrogen) atoms. The van der Waals surface area contributed by atoms with E-state index in [2.05, 4.69) is 46.1 Å². The van der Waals surface area contributed by atoms with Gasteiger partial charge in [-0.1, -0.05) is 27.2 Å². The molecule has 0 radical (unpaired) electrons. The SMILES string of the molecule is CC(C)(C)c1ccc(=O)n(CCN2CCCCC2CNc2ncccn2)n1. The molecule has 3 rings (SSSR count). The smallest absolute Gasteiger partial charge is 0.266 e. The van der Waals surface area contributed by atoms with Gasteiger partial charge in [0.15, 0.2) is 0 Å². The molecule has 7 heteroatoms. The molecule has 1 fully saturated rings. The van der Waals surface area contributed by atoms with Gasteiger partial charge in [-0.2, -0.15) is 5.10 Å². The molecule has 0 aliphatic carbocycles. The van der Waals surface area contributed by atoms with Crippen molar-refractivity contribution in [3.05, 3.63) is 46.6 Å². The van der Waals surface area contributed by atoms with E-state index in [1.165, 1.54) is 12.8 Å². The highest BCUT2D eigenvalue weighted by atomic mass is 16.1. The molecule has 0 aromatic carbocycles. The summed E-state index contributed by atoms with van der Waals surface area (Å²) in [6.07, 6.45) is 7.06. The van der Waals surface area contributed by atoms with Crippen molar-refractivity contribution in [2.24, 2.45) is 0 Å². The molecule has 1 unspecified atom stereocenters. The molecule has 2 aromatic rings. The van der Waals surface area contributed by atoms with Crippen LogP contribution in [0.1, 0.15) is 45.7 Å². The van der Waals surface area contributed by atoms with Crippen LogP contribution in [-0.2, 0) is 12.0 Å². The number of hydrogen-bond acceptors (Lipinski definition) is 6. The molecule has 0 saturated carbocycles. The molecule has 0 amide bonds. The average Bonchev–Trinajstić information content (AvgIpc) is 2.66. The van der Waals surface area contributed by atoms with Gasteiger partial charge in [-0.15, -0.1) is 0 Å². The Morgan fingerprint density at radius 3 is 2.67 bits per heavy atom. The zero-order chi connectivity index (χ0) is 19.3. The van der Waals surface area contributed by atoms with E-state index in [9.17, 15) is 4.79 Å². The zero-order valence-electron chi connectivity index (χ0n) is 16.6. The van der Waals surface area contributed by atoms with E-state index < -0.39 is 0 Å². The van der Waals surface area contributed by atoms with Crippen LogP contribution in [0.5, 0.6) is 0 Å². The first-order valence-electron chi connectivity index (χ1n) is 9.77. The van der Waals surface area contributed by atoms with E-state index in [1.807, 2.05) is 12.1 Å². The van der Waals surface area contributed by atoms with E-state index in [4.69, 9.17) is 0 Å². The van der Waals surface area contributed by atoms with Gasteiger partial charge >= 0.3 is 0 Å². The highest BCUT2D eigenvalue weighted by molar-refractivity contribution is 5.22. The number of rotatable bonds is 6. The Kier molecular flexibility index (Phi) is 6.21. The standard InChI is InChI=1S/C20H30N6O/c1-20(2,3)17-8-9-18(27)26(24-17)14-13-25-12-5-4-7-16(25)15-23-19-21-10-6-11-22-19/h6,8-11,16H,4-5,7,12-15H2,1-3H3,(H,21,22,23). The number of nitrogens with zero attached hydrogens (tertiary/aromatic N) is 5. The summed E-state index contributed by atoms with van der Waals surface area (Å²) in [6, 6.07) is 5.71. The Labute approximate surface area is 160 Å². The van der Waals surface area contributed by atoms with Crippen molar-refractivity contribution < 1.29 is 0 Å². The van der Waals surface area contributed by atoms with Gasteiger partial charge in [0.25, 0.3) is 5.56 Å². The molecule has 1 aliphatic heterocycles. The van der Waals surface area contributed by atoms with Gasteiger partial charge in [0.2, 0.25) is 5.95 Å². The lowest BCUT2D eigenvalue weighted by Gasteiger charge is -2.35. The summed E-state index contributed by atoms with van der Waals surface area (Å²) in [6.45, 7) is 9.64. The van der Waals surface area contributed by atoms with Crippen LogP contribution in [-0.4, -0.2) is 50.3 Å². The second-order valence-corrected chi connectivity index (χ2v) is 8.17. The number of likely N-dealkylation sites (tertiary alicyclic amines) is 1. The molecular weight excluding hydrogens is 340 g/mol. The van der Waals surface area contributed by atoms with Crippen LogP contribution in [0.15, 0.2) is 35.4 Å². The second-order valence-electron chi connectivity index (χ2n) is 8.17. The minimum Gasteiger partial charge on any atom is -0.353 e. The average molecular weight is 371 g/mol. The van der Waals surface area contributed by atoms with Crippen molar-refractivity contribution in [2.45, 2.75) is 58.0 Å². The Balaban J connectivity index is 1.62. The topological polar surface area (TPSA) is 75.9 Å². The Morgan fingerprint density at radius 2 is 1.93 bits per heavy atom. The van der Waals surface area contributed by atoms with Gasteiger partial charge in [0.1, 0.15) is 0 Å². The predicted octanol–water partition coefficient (Wildman–Crippen LogP) is 2.30. The normalized spacial score (nSPS) is 18.4. The summed E-state index contributed by atoms with van der Waals surface area (Å²) in [4.78, 5) is 23.1. The van der Waals surface area contributed by atoms with Crippen molar-refractivity contribution in [2.75, 3.05) is 25.0 Å². The Hall–Kier alpha value is -2.28. The first-order chi connectivity index (χ1) is 12.9. The summed E-state index contributed by atoms with van der Waals surface area (Å²) < 4.78 is 1.61. The van der Waals surface area contributed by atoms with Crippen molar-refractivity contribution in [3.8, 4) is 0 Å². The van der Waals surface area contributed by atoms with Gasteiger partial charge in [0, 0.05) is 43.0 Å². The lowest BCUT2D eigenvalue weighted by atomic mass is 9.92. The fraction of sp³-hybridized carbons (Fsp3) is 0.600. The fourth-order valence-electron chi connectivity index (χ4n) is 3.42. The molecule has 2 aromatic heterocycles. The van der Waals surface area contributed by atoms with Gasteiger partial charge in [-0.3, -0.25) is 9.69 Å². The number of nitrogens with one attached hydrogen (secondary N) is 1. The number of piperidine rings is 1. The first-order valence-corrected chi connectivity index (χ1v) is 9.77. The minimum atomic E-state index is -0.0668. The monoisotopic (exact) mass is 370 g/mol. The maximum atomic E-state index is 12.2. The maximum Gasteiger partial charge on any atom is 0.266 e. The van der Waals surface area contributed by atoms with Crippen LogP contribution in [0.4, 0.5) is 5.95 Å². The summed E-state index contributed by atoms with van der Waals surface area (Å²) in [7, 11) is 0. The number of hydrogen-bond donors (Lipinski definition) is 1. The van der Waals surface area contributed by atoms with Crippen LogP contribution in [0.3, 0.4) is 0 Å².